The highest BCUT2D eigenvalue weighted by atomic mass is 16.4. The van der Waals surface area contributed by atoms with Crippen LogP contribution in [0.3, 0.4) is 0 Å². The number of aliphatic hydroxyl groups is 3. The summed E-state index contributed by atoms with van der Waals surface area (Å²) in [5, 5.41) is 37.8. The lowest BCUT2D eigenvalue weighted by Crippen LogP contribution is -2.42. The molecule has 4 unspecified atom stereocenters. The van der Waals surface area contributed by atoms with E-state index in [1.54, 1.807) is 0 Å². The second-order valence-electron chi connectivity index (χ2n) is 3.22. The van der Waals surface area contributed by atoms with Gasteiger partial charge in [0, 0.05) is 12.5 Å². The summed E-state index contributed by atoms with van der Waals surface area (Å²) in [6.45, 7) is -0.254. The van der Waals surface area contributed by atoms with E-state index in [1.165, 1.54) is 0 Å². The van der Waals surface area contributed by atoms with Gasteiger partial charge in [0.1, 0.15) is 6.10 Å². The molecule has 0 aromatic rings. The van der Waals surface area contributed by atoms with E-state index in [1.807, 2.05) is 0 Å². The summed E-state index contributed by atoms with van der Waals surface area (Å²) in [6.07, 6.45) is -3.17. The van der Waals surface area contributed by atoms with Gasteiger partial charge in [0.05, 0.1) is 12.1 Å². The van der Waals surface area contributed by atoms with Crippen LogP contribution >= 0.6 is 0 Å². The number of carboxylic acid groups (broad SMARTS) is 1. The first kappa shape index (κ1) is 10.2. The lowest BCUT2D eigenvalue weighted by Gasteiger charge is -2.15. The topological polar surface area (TPSA) is 110 Å². The fourth-order valence-electron chi connectivity index (χ4n) is 1.61. The van der Waals surface area contributed by atoms with Gasteiger partial charge in [0.25, 0.3) is 0 Å². The van der Waals surface area contributed by atoms with Crippen molar-refractivity contribution >= 4 is 6.09 Å². The molecule has 0 heterocycles. The summed E-state index contributed by atoms with van der Waals surface area (Å²) >= 11 is 0. The largest absolute Gasteiger partial charge is 0.465 e. The fraction of sp³-hybridized carbons (Fsp3) is 0.857. The van der Waals surface area contributed by atoms with Gasteiger partial charge >= 0.3 is 6.09 Å². The minimum Gasteiger partial charge on any atom is -0.465 e. The van der Waals surface area contributed by atoms with Crippen molar-refractivity contribution in [3.63, 3.8) is 0 Å². The molecule has 0 aliphatic heterocycles. The number of hydrogen-bond donors (Lipinski definition) is 5. The molecule has 4 atom stereocenters. The van der Waals surface area contributed by atoms with Crippen molar-refractivity contribution in [3.8, 4) is 0 Å². The predicted molar refractivity (Wildman–Crippen MR) is 42.2 cm³/mol. The maximum absolute atomic E-state index is 10.2. The van der Waals surface area contributed by atoms with Gasteiger partial charge in [-0.15, -0.1) is 0 Å². The summed E-state index contributed by atoms with van der Waals surface area (Å²) in [6, 6.07) is -0.690. The first-order valence-corrected chi connectivity index (χ1v) is 4.02. The summed E-state index contributed by atoms with van der Waals surface area (Å²) in [7, 11) is 0. The maximum atomic E-state index is 10.2. The molecule has 0 spiro atoms. The highest BCUT2D eigenvalue weighted by Gasteiger charge is 2.41. The van der Waals surface area contributed by atoms with E-state index in [0.717, 1.165) is 0 Å². The molecule has 0 radical (unpaired) electrons. The second kappa shape index (κ2) is 3.91. The molecular formula is C7H13NO5. The maximum Gasteiger partial charge on any atom is 0.404 e. The van der Waals surface area contributed by atoms with E-state index in [2.05, 4.69) is 5.32 Å². The average Bonchev–Trinajstić information content (AvgIpc) is 2.32. The molecule has 76 valence electrons. The quantitative estimate of drug-likeness (QED) is 0.359. The molecule has 1 rings (SSSR count). The molecular weight excluding hydrogens is 178 g/mol. The van der Waals surface area contributed by atoms with Crippen LogP contribution in [0.15, 0.2) is 0 Å². The van der Waals surface area contributed by atoms with Crippen molar-refractivity contribution < 1.29 is 25.2 Å². The Hall–Kier alpha value is -0.850. The van der Waals surface area contributed by atoms with Gasteiger partial charge in [-0.05, 0) is 6.42 Å². The molecule has 6 nitrogen and oxygen atoms in total. The summed E-state index contributed by atoms with van der Waals surface area (Å²) in [5.41, 5.74) is 0. The zero-order chi connectivity index (χ0) is 10.0. The van der Waals surface area contributed by atoms with Gasteiger partial charge in [0.15, 0.2) is 0 Å². The normalized spacial score (nSPS) is 39.0. The fourth-order valence-corrected chi connectivity index (χ4v) is 1.61. The Morgan fingerprint density at radius 1 is 1.38 bits per heavy atom. The van der Waals surface area contributed by atoms with E-state index in [9.17, 15) is 15.0 Å². The molecule has 0 saturated heterocycles. The van der Waals surface area contributed by atoms with Crippen LogP contribution in [0.25, 0.3) is 0 Å². The number of nitrogens with one attached hydrogen (secondary N) is 1. The minimum atomic E-state index is -1.24. The summed E-state index contributed by atoms with van der Waals surface area (Å²) in [5.74, 6) is -0.452. The molecule has 0 aromatic heterocycles. The Labute approximate surface area is 74.8 Å². The van der Waals surface area contributed by atoms with E-state index < -0.39 is 30.3 Å². The average molecular weight is 191 g/mol. The number of carbonyl (C=O) groups is 1. The Morgan fingerprint density at radius 2 is 2.00 bits per heavy atom. The third-order valence-corrected chi connectivity index (χ3v) is 2.35. The minimum absolute atomic E-state index is 0.254. The molecule has 6 heteroatoms. The summed E-state index contributed by atoms with van der Waals surface area (Å²) < 4.78 is 0. The van der Waals surface area contributed by atoms with Crippen LogP contribution in [0.4, 0.5) is 4.79 Å². The highest BCUT2D eigenvalue weighted by Crippen LogP contribution is 2.26. The Balaban J connectivity index is 2.55. The molecule has 0 aromatic carbocycles. The lowest BCUT2D eigenvalue weighted by molar-refractivity contribution is 0.000244. The van der Waals surface area contributed by atoms with Crippen LogP contribution in [0.1, 0.15) is 6.42 Å². The Kier molecular flexibility index (Phi) is 3.07. The van der Waals surface area contributed by atoms with E-state index in [-0.39, 0.29) is 13.0 Å². The van der Waals surface area contributed by atoms with Gasteiger partial charge in [-0.1, -0.05) is 0 Å². The predicted octanol–water partition coefficient (Wildman–Crippen LogP) is -1.64. The number of aliphatic hydroxyl groups excluding tert-OH is 3. The molecule has 5 N–H and O–H groups in total. The highest BCUT2D eigenvalue weighted by molar-refractivity contribution is 5.65. The Morgan fingerprint density at radius 3 is 2.38 bits per heavy atom. The lowest BCUT2D eigenvalue weighted by atomic mass is 10.1. The molecule has 0 bridgehead atoms. The zero-order valence-corrected chi connectivity index (χ0v) is 6.92. The van der Waals surface area contributed by atoms with Crippen molar-refractivity contribution in [2.45, 2.75) is 24.7 Å². The van der Waals surface area contributed by atoms with Crippen molar-refractivity contribution in [3.05, 3.63) is 0 Å². The number of amides is 1. The van der Waals surface area contributed by atoms with Crippen LogP contribution in [0.2, 0.25) is 0 Å². The molecule has 1 amide bonds. The van der Waals surface area contributed by atoms with Gasteiger partial charge in [-0.2, -0.15) is 0 Å². The second-order valence-corrected chi connectivity index (χ2v) is 3.22. The van der Waals surface area contributed by atoms with E-state index >= 15 is 0 Å². The van der Waals surface area contributed by atoms with E-state index in [0.29, 0.717) is 0 Å². The SMILES string of the molecule is O=C(O)NC1CC(CO)C(O)C1O. The molecule has 13 heavy (non-hydrogen) atoms. The standard InChI is InChI=1S/C7H13NO5/c9-2-3-1-4(8-7(12)13)6(11)5(3)10/h3-6,8-11H,1-2H2,(H,12,13). The first-order chi connectivity index (χ1) is 6.06. The Bertz CT molecular complexity index is 197. The van der Waals surface area contributed by atoms with Crippen molar-refractivity contribution in [2.24, 2.45) is 5.92 Å². The van der Waals surface area contributed by atoms with Gasteiger partial charge in [-0.25, -0.2) is 4.79 Å². The van der Waals surface area contributed by atoms with Crippen molar-refractivity contribution in [2.75, 3.05) is 6.61 Å². The molecule has 1 fully saturated rings. The smallest absolute Gasteiger partial charge is 0.404 e. The summed E-state index contributed by atoms with van der Waals surface area (Å²) in [4.78, 5) is 10.2. The van der Waals surface area contributed by atoms with Gasteiger partial charge < -0.3 is 25.7 Å². The number of rotatable bonds is 2. The van der Waals surface area contributed by atoms with Gasteiger partial charge in [-0.3, -0.25) is 0 Å². The van der Waals surface area contributed by atoms with Crippen LogP contribution in [0.5, 0.6) is 0 Å². The van der Waals surface area contributed by atoms with Crippen LogP contribution in [-0.2, 0) is 0 Å². The van der Waals surface area contributed by atoms with Crippen molar-refractivity contribution in [1.82, 2.24) is 5.32 Å². The van der Waals surface area contributed by atoms with Gasteiger partial charge in [0.2, 0.25) is 0 Å². The van der Waals surface area contributed by atoms with Crippen LogP contribution in [0, 0.1) is 5.92 Å². The third kappa shape index (κ3) is 2.09. The van der Waals surface area contributed by atoms with Crippen LogP contribution < -0.4 is 5.32 Å². The molecule has 1 aliphatic carbocycles. The van der Waals surface area contributed by atoms with Crippen molar-refractivity contribution in [1.29, 1.82) is 0 Å². The molecule has 1 saturated carbocycles. The first-order valence-electron chi connectivity index (χ1n) is 4.02. The number of hydrogen-bond acceptors (Lipinski definition) is 4. The molecule has 1 aliphatic rings. The zero-order valence-electron chi connectivity index (χ0n) is 6.92. The van der Waals surface area contributed by atoms with E-state index in [4.69, 9.17) is 10.2 Å². The van der Waals surface area contributed by atoms with Crippen LogP contribution in [-0.4, -0.2) is 51.4 Å². The monoisotopic (exact) mass is 191 g/mol. The third-order valence-electron chi connectivity index (χ3n) is 2.35.